The molecule has 0 unspecified atom stereocenters. The maximum atomic E-state index is 13.1. The predicted molar refractivity (Wildman–Crippen MR) is 107 cm³/mol. The molecule has 1 aromatic carbocycles. The molecule has 1 saturated carbocycles. The van der Waals surface area contributed by atoms with Gasteiger partial charge in [-0.1, -0.05) is 55.8 Å². The number of rotatable bonds is 5. The smallest absolute Gasteiger partial charge is 0.256 e. The van der Waals surface area contributed by atoms with Crippen molar-refractivity contribution in [1.82, 2.24) is 14.9 Å². The van der Waals surface area contributed by atoms with E-state index in [0.717, 1.165) is 18.4 Å². The first-order valence-electron chi connectivity index (χ1n) is 9.78. The lowest BCUT2D eigenvalue weighted by Gasteiger charge is -2.31. The molecule has 0 saturated heterocycles. The molecule has 2 amide bonds. The Hall–Kier alpha value is -2.47. The van der Waals surface area contributed by atoms with Gasteiger partial charge >= 0.3 is 0 Å². The van der Waals surface area contributed by atoms with Crippen molar-refractivity contribution in [1.29, 1.82) is 0 Å². The van der Waals surface area contributed by atoms with Crippen LogP contribution in [0, 0.1) is 5.92 Å². The average molecular weight is 399 g/mol. The summed E-state index contributed by atoms with van der Waals surface area (Å²) in [6.45, 7) is 0.403. The summed E-state index contributed by atoms with van der Waals surface area (Å²) in [6, 6.07) is 4.91. The number of carbonyl (C=O) groups is 2. The quantitative estimate of drug-likeness (QED) is 0.823. The molecule has 7 heteroatoms. The Balaban J connectivity index is 1.58. The summed E-state index contributed by atoms with van der Waals surface area (Å²) in [6.07, 6.45) is 11.1. The number of halogens is 1. The molecular weight excluding hydrogens is 376 g/mol. The second-order valence-electron chi connectivity index (χ2n) is 7.54. The molecule has 1 atom stereocenters. The predicted octanol–water partition coefficient (Wildman–Crippen LogP) is 4.06. The molecule has 1 aliphatic heterocycles. The molecule has 2 heterocycles. The monoisotopic (exact) mass is 398 g/mol. The zero-order valence-corrected chi connectivity index (χ0v) is 16.4. The molecule has 28 heavy (non-hydrogen) atoms. The number of aromatic nitrogens is 2. The highest BCUT2D eigenvalue weighted by Crippen LogP contribution is 2.34. The minimum Gasteiger partial charge on any atom is -0.322 e. The maximum absolute atomic E-state index is 13.1. The van der Waals surface area contributed by atoms with Gasteiger partial charge in [0.15, 0.2) is 5.82 Å². The fourth-order valence-corrected chi connectivity index (χ4v) is 4.55. The highest BCUT2D eigenvalue weighted by atomic mass is 35.5. The standard InChI is InChI=1S/C21H23ClN4O2/c22-16-8-4-7-15-13-26(21(28)19(15)16)17(11-14-5-2-1-3-6-14)20(27)25-18-12-23-9-10-24-18/h4,7-10,12,14,17H,1-3,5-6,11,13H2,(H,24,25,27)/t17-/m0/s1. The largest absolute Gasteiger partial charge is 0.322 e. The number of benzene rings is 1. The third-order valence-corrected chi connectivity index (χ3v) is 6.00. The van der Waals surface area contributed by atoms with Crippen LogP contribution >= 0.6 is 11.6 Å². The van der Waals surface area contributed by atoms with Crippen LogP contribution in [-0.2, 0) is 11.3 Å². The normalized spacial score (nSPS) is 18.0. The summed E-state index contributed by atoms with van der Waals surface area (Å²) in [7, 11) is 0. The molecule has 1 aliphatic carbocycles. The van der Waals surface area contributed by atoms with Gasteiger partial charge in [-0.2, -0.15) is 0 Å². The van der Waals surface area contributed by atoms with E-state index in [0.29, 0.717) is 35.3 Å². The van der Waals surface area contributed by atoms with Crippen molar-refractivity contribution < 1.29 is 9.59 Å². The van der Waals surface area contributed by atoms with Crippen molar-refractivity contribution >= 4 is 29.2 Å². The van der Waals surface area contributed by atoms with Gasteiger partial charge in [0.05, 0.1) is 16.8 Å². The molecular formula is C21H23ClN4O2. The third-order valence-electron chi connectivity index (χ3n) is 5.69. The van der Waals surface area contributed by atoms with E-state index in [1.54, 1.807) is 17.2 Å². The van der Waals surface area contributed by atoms with E-state index in [-0.39, 0.29) is 11.8 Å². The van der Waals surface area contributed by atoms with Crippen molar-refractivity contribution in [2.45, 2.75) is 51.1 Å². The Kier molecular flexibility index (Phi) is 5.57. The Morgan fingerprint density at radius 1 is 1.25 bits per heavy atom. The van der Waals surface area contributed by atoms with Crippen LogP contribution in [-0.4, -0.2) is 32.7 Å². The van der Waals surface area contributed by atoms with Crippen LogP contribution in [0.25, 0.3) is 0 Å². The van der Waals surface area contributed by atoms with Crippen LogP contribution in [0.15, 0.2) is 36.8 Å². The topological polar surface area (TPSA) is 75.2 Å². The molecule has 0 bridgehead atoms. The Bertz CT molecular complexity index is 868. The lowest BCUT2D eigenvalue weighted by atomic mass is 9.84. The lowest BCUT2D eigenvalue weighted by molar-refractivity contribution is -0.121. The molecule has 146 valence electrons. The van der Waals surface area contributed by atoms with Gasteiger partial charge < -0.3 is 10.2 Å². The first kappa shape index (κ1) is 18.9. The van der Waals surface area contributed by atoms with Crippen LogP contribution in [0.3, 0.4) is 0 Å². The van der Waals surface area contributed by atoms with Gasteiger partial charge in [0.2, 0.25) is 5.91 Å². The van der Waals surface area contributed by atoms with Gasteiger partial charge in [0.1, 0.15) is 6.04 Å². The highest BCUT2D eigenvalue weighted by molar-refractivity contribution is 6.34. The number of nitrogens with zero attached hydrogens (tertiary/aromatic N) is 3. The molecule has 1 N–H and O–H groups in total. The Labute approximate surface area is 169 Å². The number of carbonyl (C=O) groups excluding carboxylic acids is 2. The fraction of sp³-hybridized carbons (Fsp3) is 0.429. The van der Waals surface area contributed by atoms with Crippen molar-refractivity contribution in [3.05, 3.63) is 52.9 Å². The van der Waals surface area contributed by atoms with Crippen molar-refractivity contribution in [3.63, 3.8) is 0 Å². The van der Waals surface area contributed by atoms with Gasteiger partial charge in [-0.25, -0.2) is 4.98 Å². The summed E-state index contributed by atoms with van der Waals surface area (Å²) < 4.78 is 0. The first-order chi connectivity index (χ1) is 13.6. The summed E-state index contributed by atoms with van der Waals surface area (Å²) in [5.41, 5.74) is 1.39. The van der Waals surface area contributed by atoms with Crippen molar-refractivity contribution in [3.8, 4) is 0 Å². The van der Waals surface area contributed by atoms with E-state index in [9.17, 15) is 9.59 Å². The number of hydrogen-bond donors (Lipinski definition) is 1. The van der Waals surface area contributed by atoms with Crippen LogP contribution in [0.5, 0.6) is 0 Å². The van der Waals surface area contributed by atoms with E-state index in [2.05, 4.69) is 15.3 Å². The van der Waals surface area contributed by atoms with Gasteiger partial charge in [-0.3, -0.25) is 14.6 Å². The molecule has 2 aliphatic rings. The fourth-order valence-electron chi connectivity index (χ4n) is 4.28. The highest BCUT2D eigenvalue weighted by Gasteiger charge is 2.39. The number of amides is 2. The Morgan fingerprint density at radius 2 is 2.07 bits per heavy atom. The number of anilines is 1. The SMILES string of the molecule is O=C(Nc1cnccn1)[C@H](CC1CCCCC1)N1Cc2cccc(Cl)c2C1=O. The first-order valence-corrected chi connectivity index (χ1v) is 10.2. The summed E-state index contributed by atoms with van der Waals surface area (Å²) in [5, 5.41) is 3.27. The summed E-state index contributed by atoms with van der Waals surface area (Å²) in [5.74, 6) is 0.445. The molecule has 0 spiro atoms. The summed E-state index contributed by atoms with van der Waals surface area (Å²) in [4.78, 5) is 36.0. The van der Waals surface area contributed by atoms with E-state index in [1.807, 2.05) is 12.1 Å². The van der Waals surface area contributed by atoms with Crippen molar-refractivity contribution in [2.24, 2.45) is 5.92 Å². The third kappa shape index (κ3) is 3.87. The second kappa shape index (κ2) is 8.27. The van der Waals surface area contributed by atoms with E-state index in [4.69, 9.17) is 11.6 Å². The van der Waals surface area contributed by atoms with Crippen LogP contribution in [0.4, 0.5) is 5.82 Å². The molecule has 1 fully saturated rings. The average Bonchev–Trinajstić information content (AvgIpc) is 3.05. The van der Waals surface area contributed by atoms with E-state index >= 15 is 0 Å². The van der Waals surface area contributed by atoms with Crippen LogP contribution in [0.2, 0.25) is 5.02 Å². The van der Waals surface area contributed by atoms with Gasteiger partial charge in [-0.05, 0) is 24.0 Å². The van der Waals surface area contributed by atoms with Gasteiger partial charge in [0, 0.05) is 18.9 Å². The van der Waals surface area contributed by atoms with Crippen LogP contribution < -0.4 is 5.32 Å². The molecule has 4 rings (SSSR count). The van der Waals surface area contributed by atoms with Crippen molar-refractivity contribution in [2.75, 3.05) is 5.32 Å². The lowest BCUT2D eigenvalue weighted by Crippen LogP contribution is -2.45. The van der Waals surface area contributed by atoms with E-state index < -0.39 is 6.04 Å². The summed E-state index contributed by atoms with van der Waals surface area (Å²) >= 11 is 6.27. The zero-order valence-electron chi connectivity index (χ0n) is 15.6. The minimum atomic E-state index is -0.555. The second-order valence-corrected chi connectivity index (χ2v) is 7.95. The molecule has 0 radical (unpaired) electrons. The van der Waals surface area contributed by atoms with Gasteiger partial charge in [0.25, 0.3) is 5.91 Å². The Morgan fingerprint density at radius 3 is 2.79 bits per heavy atom. The number of hydrogen-bond acceptors (Lipinski definition) is 4. The zero-order chi connectivity index (χ0) is 19.5. The molecule has 1 aromatic heterocycles. The number of nitrogens with one attached hydrogen (secondary N) is 1. The minimum absolute atomic E-state index is 0.171. The van der Waals surface area contributed by atoms with Crippen LogP contribution in [0.1, 0.15) is 54.4 Å². The molecule has 6 nitrogen and oxygen atoms in total. The van der Waals surface area contributed by atoms with E-state index in [1.165, 1.54) is 31.7 Å². The number of fused-ring (bicyclic) bond motifs is 1. The maximum Gasteiger partial charge on any atom is 0.256 e. The van der Waals surface area contributed by atoms with Gasteiger partial charge in [-0.15, -0.1) is 0 Å². The molecule has 2 aromatic rings.